The average Bonchev–Trinajstić information content (AvgIpc) is 3.56. The molecule has 2 aromatic carbocycles. The molecule has 5 rings (SSSR count). The monoisotopic (exact) mass is 562 g/mol. The first-order chi connectivity index (χ1) is 19.0. The molecule has 0 radical (unpaired) electrons. The van der Waals surface area contributed by atoms with Crippen molar-refractivity contribution in [1.82, 2.24) is 9.55 Å². The summed E-state index contributed by atoms with van der Waals surface area (Å²) in [6.07, 6.45) is 2.32. The van der Waals surface area contributed by atoms with Crippen LogP contribution in [0.5, 0.6) is 0 Å². The second-order valence-corrected chi connectivity index (χ2v) is 17.7. The van der Waals surface area contributed by atoms with Crippen LogP contribution in [0.3, 0.4) is 0 Å². The summed E-state index contributed by atoms with van der Waals surface area (Å²) >= 11 is 0. The smallest absolute Gasteiger partial charge is 0.328 e. The Morgan fingerprint density at radius 3 is 2.10 bits per heavy atom. The summed E-state index contributed by atoms with van der Waals surface area (Å²) in [5.41, 5.74) is 1.31. The highest BCUT2D eigenvalue weighted by atomic mass is 28.4. The zero-order chi connectivity index (χ0) is 28.5. The van der Waals surface area contributed by atoms with Crippen molar-refractivity contribution in [2.45, 2.75) is 70.7 Å². The Balaban J connectivity index is 1.47. The molecule has 1 aromatic heterocycles. The van der Waals surface area contributed by atoms with Gasteiger partial charge in [-0.2, -0.15) is 0 Å². The molecule has 1 heterocycles. The number of hydrogen-bond donors (Lipinski definition) is 1. The normalized spacial score (nSPS) is 26.0. The first-order valence-corrected chi connectivity index (χ1v) is 17.2. The molecule has 0 bridgehead atoms. The maximum atomic E-state index is 13.1. The number of fused-ring (bicyclic) bond motifs is 1. The lowest BCUT2D eigenvalue weighted by atomic mass is 9.89. The number of H-pyrrole nitrogens is 1. The van der Waals surface area contributed by atoms with Crippen LogP contribution in [-0.2, 0) is 27.1 Å². The first-order valence-electron chi connectivity index (χ1n) is 14.2. The lowest BCUT2D eigenvalue weighted by molar-refractivity contribution is -0.0266. The lowest BCUT2D eigenvalue weighted by Crippen LogP contribution is -2.50. The van der Waals surface area contributed by atoms with E-state index in [2.05, 4.69) is 63.1 Å². The number of nitrogens with one attached hydrogen (secondary N) is 1. The molecule has 7 nitrogen and oxygen atoms in total. The van der Waals surface area contributed by atoms with Crippen LogP contribution in [0.25, 0.3) is 0 Å². The molecule has 0 spiro atoms. The summed E-state index contributed by atoms with van der Waals surface area (Å²) in [5, 5.41) is -0.00723. The minimum Gasteiger partial charge on any atom is -0.411 e. The summed E-state index contributed by atoms with van der Waals surface area (Å²) in [6, 6.07) is 21.6. The van der Waals surface area contributed by atoms with Gasteiger partial charge in [0.05, 0.1) is 38.6 Å². The van der Waals surface area contributed by atoms with Crippen molar-refractivity contribution >= 4 is 8.32 Å². The molecule has 5 atom stereocenters. The topological polar surface area (TPSA) is 82.6 Å². The van der Waals surface area contributed by atoms with E-state index >= 15 is 0 Å². The van der Waals surface area contributed by atoms with Gasteiger partial charge in [-0.15, -0.1) is 0 Å². The van der Waals surface area contributed by atoms with Crippen molar-refractivity contribution in [3.8, 4) is 0 Å². The maximum absolute atomic E-state index is 13.1. The highest BCUT2D eigenvalue weighted by molar-refractivity contribution is 6.74. The third-order valence-electron chi connectivity index (χ3n) is 9.36. The molecule has 0 amide bonds. The molecule has 8 heteroatoms. The van der Waals surface area contributed by atoms with E-state index in [0.29, 0.717) is 26.4 Å². The largest absolute Gasteiger partial charge is 0.411 e. The first kappa shape index (κ1) is 28.7. The zero-order valence-electron chi connectivity index (χ0n) is 24.3. The van der Waals surface area contributed by atoms with Crippen LogP contribution < -0.4 is 11.2 Å². The van der Waals surface area contributed by atoms with Gasteiger partial charge in [-0.3, -0.25) is 14.3 Å². The zero-order valence-corrected chi connectivity index (χ0v) is 25.3. The Morgan fingerprint density at radius 2 is 1.52 bits per heavy atom. The van der Waals surface area contributed by atoms with Gasteiger partial charge in [0.15, 0.2) is 8.32 Å². The third kappa shape index (κ3) is 5.81. The molecule has 214 valence electrons. The van der Waals surface area contributed by atoms with Gasteiger partial charge in [-0.1, -0.05) is 81.4 Å². The highest BCUT2D eigenvalue weighted by Gasteiger charge is 2.72. The van der Waals surface area contributed by atoms with Gasteiger partial charge >= 0.3 is 5.69 Å². The SMILES string of the molecule is CC(C)(C)[Si](C)(C)O[C@H]1[C@H](n2ccc(=O)[nH]c2=O)[C@H]2C[C@@]2(COCc2ccccc2)[C@H]1COCc1ccccc1. The Kier molecular flexibility index (Phi) is 8.07. The van der Waals surface area contributed by atoms with Crippen LogP contribution in [0.15, 0.2) is 82.5 Å². The van der Waals surface area contributed by atoms with E-state index in [1.807, 2.05) is 36.4 Å². The highest BCUT2D eigenvalue weighted by Crippen LogP contribution is 2.71. The van der Waals surface area contributed by atoms with Crippen molar-refractivity contribution in [2.75, 3.05) is 13.2 Å². The number of aromatic amines is 1. The van der Waals surface area contributed by atoms with E-state index in [9.17, 15) is 9.59 Å². The standard InChI is InChI=1S/C32H42N2O5Si/c1-31(2,3)40(4,5)39-29-26(21-37-19-23-12-8-6-9-13-23)32(22-38-20-24-14-10-7-11-15-24)18-25(32)28(29)34-17-16-27(35)33-30(34)36/h6-17,25-26,28-29H,18-22H2,1-5H3,(H,33,35,36)/t25-,26+,28-,29-,32+/m1/s1. The van der Waals surface area contributed by atoms with E-state index in [-0.39, 0.29) is 34.4 Å². The Hall–Kier alpha value is -2.78. The Morgan fingerprint density at radius 1 is 0.925 bits per heavy atom. The Bertz CT molecular complexity index is 1400. The van der Waals surface area contributed by atoms with Gasteiger partial charge in [0.1, 0.15) is 0 Å². The molecular formula is C32H42N2O5Si. The maximum Gasteiger partial charge on any atom is 0.328 e. The molecule has 2 saturated carbocycles. The van der Waals surface area contributed by atoms with Crippen LogP contribution >= 0.6 is 0 Å². The van der Waals surface area contributed by atoms with Gasteiger partial charge in [0.2, 0.25) is 0 Å². The van der Waals surface area contributed by atoms with Crippen LogP contribution in [0.2, 0.25) is 18.1 Å². The fourth-order valence-electron chi connectivity index (χ4n) is 6.06. The summed E-state index contributed by atoms with van der Waals surface area (Å²) in [5.74, 6) is 0.224. The van der Waals surface area contributed by atoms with Crippen molar-refractivity contribution in [2.24, 2.45) is 17.3 Å². The predicted molar refractivity (Wildman–Crippen MR) is 159 cm³/mol. The molecule has 2 aliphatic rings. The third-order valence-corrected chi connectivity index (χ3v) is 13.8. The molecule has 0 aliphatic heterocycles. The number of rotatable bonds is 11. The Labute approximate surface area is 237 Å². The van der Waals surface area contributed by atoms with Crippen LogP contribution in [0, 0.1) is 17.3 Å². The van der Waals surface area contributed by atoms with Gasteiger partial charge in [0.25, 0.3) is 5.56 Å². The van der Waals surface area contributed by atoms with Crippen molar-refractivity contribution in [3.05, 3.63) is 105 Å². The van der Waals surface area contributed by atoms with Crippen LogP contribution in [0.1, 0.15) is 44.4 Å². The molecule has 3 aromatic rings. The fraction of sp³-hybridized carbons (Fsp3) is 0.500. The van der Waals surface area contributed by atoms with Crippen LogP contribution in [-0.4, -0.2) is 37.2 Å². The van der Waals surface area contributed by atoms with Gasteiger partial charge in [0, 0.05) is 23.6 Å². The molecule has 2 fully saturated rings. The average molecular weight is 563 g/mol. The minimum absolute atomic E-state index is 0.00723. The molecule has 40 heavy (non-hydrogen) atoms. The summed E-state index contributed by atoms with van der Waals surface area (Å²) in [4.78, 5) is 27.5. The number of nitrogens with zero attached hydrogens (tertiary/aromatic N) is 1. The minimum atomic E-state index is -2.23. The summed E-state index contributed by atoms with van der Waals surface area (Å²) in [7, 11) is -2.23. The lowest BCUT2D eigenvalue weighted by Gasteiger charge is -2.43. The van der Waals surface area contributed by atoms with Gasteiger partial charge < -0.3 is 13.9 Å². The van der Waals surface area contributed by atoms with Crippen molar-refractivity contribution in [1.29, 1.82) is 0 Å². The number of hydrogen-bond acceptors (Lipinski definition) is 5. The molecule has 1 N–H and O–H groups in total. The quantitative estimate of drug-likeness (QED) is 0.311. The molecule has 0 unspecified atom stereocenters. The second kappa shape index (κ2) is 11.2. The number of benzene rings is 2. The second-order valence-electron chi connectivity index (χ2n) is 13.0. The van der Waals surface area contributed by atoms with E-state index in [4.69, 9.17) is 13.9 Å². The fourth-order valence-corrected chi connectivity index (χ4v) is 7.40. The number of aromatic nitrogens is 2. The van der Waals surface area contributed by atoms with Crippen molar-refractivity contribution < 1.29 is 13.9 Å². The molecule has 0 saturated heterocycles. The van der Waals surface area contributed by atoms with Gasteiger partial charge in [-0.05, 0) is 41.6 Å². The van der Waals surface area contributed by atoms with E-state index in [1.54, 1.807) is 10.8 Å². The van der Waals surface area contributed by atoms with E-state index in [0.717, 1.165) is 17.5 Å². The summed E-state index contributed by atoms with van der Waals surface area (Å²) < 4.78 is 21.6. The number of ether oxygens (including phenoxy) is 2. The predicted octanol–water partition coefficient (Wildman–Crippen LogP) is 5.54. The molecule has 2 aliphatic carbocycles. The van der Waals surface area contributed by atoms with Crippen molar-refractivity contribution in [3.63, 3.8) is 0 Å². The van der Waals surface area contributed by atoms with E-state index < -0.39 is 19.6 Å². The van der Waals surface area contributed by atoms with E-state index in [1.165, 1.54) is 6.07 Å². The molecular weight excluding hydrogens is 520 g/mol. The van der Waals surface area contributed by atoms with Gasteiger partial charge in [-0.25, -0.2) is 4.79 Å². The summed E-state index contributed by atoms with van der Waals surface area (Å²) in [6.45, 7) is 13.3. The van der Waals surface area contributed by atoms with Crippen LogP contribution in [0.4, 0.5) is 0 Å².